The lowest BCUT2D eigenvalue weighted by atomic mass is 10.0. The van der Waals surface area contributed by atoms with E-state index in [9.17, 15) is 18.3 Å². The van der Waals surface area contributed by atoms with Crippen LogP contribution in [-0.4, -0.2) is 51.1 Å². The van der Waals surface area contributed by atoms with E-state index in [2.05, 4.69) is 5.32 Å². The van der Waals surface area contributed by atoms with Crippen LogP contribution in [0.2, 0.25) is 0 Å². The lowest BCUT2D eigenvalue weighted by Gasteiger charge is -2.14. The van der Waals surface area contributed by atoms with Crippen molar-refractivity contribution in [2.45, 2.75) is 25.9 Å². The highest BCUT2D eigenvalue weighted by Crippen LogP contribution is 2.41. The van der Waals surface area contributed by atoms with E-state index in [-0.39, 0.29) is 41.4 Å². The Morgan fingerprint density at radius 3 is 2.69 bits per heavy atom. The number of rotatable bonds is 6. The second-order valence-corrected chi connectivity index (χ2v) is 10.1. The fourth-order valence-corrected chi connectivity index (χ4v) is 5.69. The molecule has 8 nitrogen and oxygen atoms in total. The van der Waals surface area contributed by atoms with E-state index in [4.69, 9.17) is 14.2 Å². The summed E-state index contributed by atoms with van der Waals surface area (Å²) in [4.78, 5) is 13.1. The van der Waals surface area contributed by atoms with Crippen molar-refractivity contribution >= 4 is 21.7 Å². The van der Waals surface area contributed by atoms with Crippen LogP contribution >= 0.6 is 0 Å². The molecule has 0 aromatic heterocycles. The number of Topliss-reactive ketones (excluding diaryl/α,β-unsaturated/α-hetero) is 1. The minimum Gasteiger partial charge on any atom is -0.507 e. The van der Waals surface area contributed by atoms with Crippen molar-refractivity contribution in [3.05, 3.63) is 52.3 Å². The molecule has 0 unspecified atom stereocenters. The summed E-state index contributed by atoms with van der Waals surface area (Å²) in [6, 6.07) is 6.66. The third-order valence-electron chi connectivity index (χ3n) is 5.78. The summed E-state index contributed by atoms with van der Waals surface area (Å²) in [5.41, 5.74) is 1.94. The van der Waals surface area contributed by atoms with E-state index in [0.29, 0.717) is 45.9 Å². The molecule has 4 rings (SSSR count). The normalized spacial score (nSPS) is 20.3. The SMILES string of the molecule is COc1ccc(OC)c(/C=C2\Oc3c(cc(CN[C@@H]4CCS(=O)(=O)C4)c(O)c3C)C2=O)c1. The van der Waals surface area contributed by atoms with Gasteiger partial charge in [0.1, 0.15) is 23.0 Å². The number of hydrogen-bond acceptors (Lipinski definition) is 8. The summed E-state index contributed by atoms with van der Waals surface area (Å²) < 4.78 is 39.8. The van der Waals surface area contributed by atoms with Crippen LogP contribution in [0.15, 0.2) is 30.0 Å². The van der Waals surface area contributed by atoms with Crippen LogP contribution in [0.5, 0.6) is 23.0 Å². The zero-order valence-electron chi connectivity index (χ0n) is 18.1. The fraction of sp³-hybridized carbons (Fsp3) is 0.348. The van der Waals surface area contributed by atoms with Crippen LogP contribution in [0.1, 0.15) is 33.5 Å². The number of nitrogens with one attached hydrogen (secondary N) is 1. The molecule has 0 aliphatic carbocycles. The molecule has 0 saturated carbocycles. The average Bonchev–Trinajstić information content (AvgIpc) is 3.28. The quantitative estimate of drug-likeness (QED) is 0.634. The van der Waals surface area contributed by atoms with Crippen LogP contribution in [0.3, 0.4) is 0 Å². The van der Waals surface area contributed by atoms with Gasteiger partial charge >= 0.3 is 0 Å². The van der Waals surface area contributed by atoms with Gasteiger partial charge in [-0.2, -0.15) is 0 Å². The number of benzene rings is 2. The van der Waals surface area contributed by atoms with Crippen molar-refractivity contribution in [2.24, 2.45) is 0 Å². The number of methoxy groups -OCH3 is 2. The van der Waals surface area contributed by atoms with Crippen molar-refractivity contribution < 1.29 is 32.5 Å². The molecule has 2 aliphatic rings. The Labute approximate surface area is 186 Å². The molecule has 32 heavy (non-hydrogen) atoms. The van der Waals surface area contributed by atoms with Crippen molar-refractivity contribution in [2.75, 3.05) is 25.7 Å². The Morgan fingerprint density at radius 2 is 2.03 bits per heavy atom. The van der Waals surface area contributed by atoms with Crippen LogP contribution in [-0.2, 0) is 16.4 Å². The molecular formula is C23H25NO7S. The number of carbonyl (C=O) groups excluding carboxylic acids is 1. The first kappa shape index (κ1) is 22.2. The number of allylic oxidation sites excluding steroid dienone is 1. The summed E-state index contributed by atoms with van der Waals surface area (Å²) in [5.74, 6) is 1.54. The topological polar surface area (TPSA) is 111 Å². The van der Waals surface area contributed by atoms with E-state index in [1.807, 2.05) is 0 Å². The van der Waals surface area contributed by atoms with Crippen LogP contribution in [0.4, 0.5) is 0 Å². The van der Waals surface area contributed by atoms with E-state index in [0.717, 1.165) is 0 Å². The molecule has 2 aromatic carbocycles. The van der Waals surface area contributed by atoms with Gasteiger partial charge in [-0.15, -0.1) is 0 Å². The van der Waals surface area contributed by atoms with E-state index in [1.54, 1.807) is 44.4 Å². The summed E-state index contributed by atoms with van der Waals surface area (Å²) in [6.07, 6.45) is 2.12. The molecule has 0 radical (unpaired) electrons. The summed E-state index contributed by atoms with van der Waals surface area (Å²) in [6.45, 7) is 1.93. The third-order valence-corrected chi connectivity index (χ3v) is 7.55. The first-order valence-corrected chi connectivity index (χ1v) is 12.0. The summed E-state index contributed by atoms with van der Waals surface area (Å²) >= 11 is 0. The molecule has 170 valence electrons. The Morgan fingerprint density at radius 1 is 1.25 bits per heavy atom. The van der Waals surface area contributed by atoms with Gasteiger partial charge in [0.15, 0.2) is 15.6 Å². The van der Waals surface area contributed by atoms with Crippen molar-refractivity contribution in [1.82, 2.24) is 5.32 Å². The maximum atomic E-state index is 13.1. The number of sulfone groups is 1. The molecule has 1 fully saturated rings. The maximum Gasteiger partial charge on any atom is 0.231 e. The lowest BCUT2D eigenvalue weighted by Crippen LogP contribution is -2.29. The van der Waals surface area contributed by atoms with Gasteiger partial charge in [-0.05, 0) is 43.7 Å². The van der Waals surface area contributed by atoms with E-state index >= 15 is 0 Å². The molecule has 2 aromatic rings. The average molecular weight is 460 g/mol. The molecule has 2 N–H and O–H groups in total. The number of phenolic OH excluding ortho intramolecular Hbond substituents is 1. The summed E-state index contributed by atoms with van der Waals surface area (Å²) in [5, 5.41) is 13.8. The molecule has 0 spiro atoms. The van der Waals surface area contributed by atoms with Gasteiger partial charge in [-0.25, -0.2) is 8.42 Å². The molecular weight excluding hydrogens is 434 g/mol. The van der Waals surface area contributed by atoms with Gasteiger partial charge in [0.05, 0.1) is 31.3 Å². The molecule has 1 atom stereocenters. The fourth-order valence-electron chi connectivity index (χ4n) is 3.98. The largest absolute Gasteiger partial charge is 0.507 e. The number of ketones is 1. The Kier molecular flexibility index (Phi) is 5.87. The Balaban J connectivity index is 1.61. The van der Waals surface area contributed by atoms with Gasteiger partial charge < -0.3 is 24.6 Å². The maximum absolute atomic E-state index is 13.1. The standard InChI is InChI=1S/C23H25NO7S/c1-13-21(25)15(11-24-16-6-7-32(27,28)12-16)9-18-22(26)20(31-23(13)18)10-14-8-17(29-2)4-5-19(14)30-3/h4-5,8-10,16,24-25H,6-7,11-12H2,1-3H3/b20-10-/t16-/m1/s1. The van der Waals surface area contributed by atoms with Gasteiger partial charge in [0.2, 0.25) is 5.78 Å². The van der Waals surface area contributed by atoms with Gasteiger partial charge in [0.25, 0.3) is 0 Å². The van der Waals surface area contributed by atoms with Crippen molar-refractivity contribution in [3.63, 3.8) is 0 Å². The highest BCUT2D eigenvalue weighted by Gasteiger charge is 2.32. The van der Waals surface area contributed by atoms with Crippen molar-refractivity contribution in [3.8, 4) is 23.0 Å². The zero-order valence-corrected chi connectivity index (χ0v) is 18.9. The van der Waals surface area contributed by atoms with Crippen LogP contribution < -0.4 is 19.5 Å². The Bertz CT molecular complexity index is 1220. The van der Waals surface area contributed by atoms with Gasteiger partial charge in [0, 0.05) is 29.3 Å². The predicted octanol–water partition coefficient (Wildman–Crippen LogP) is 2.61. The predicted molar refractivity (Wildman–Crippen MR) is 119 cm³/mol. The molecule has 0 amide bonds. The molecule has 0 bridgehead atoms. The first-order chi connectivity index (χ1) is 15.2. The van der Waals surface area contributed by atoms with Gasteiger partial charge in [-0.1, -0.05) is 0 Å². The van der Waals surface area contributed by atoms with E-state index in [1.165, 1.54) is 7.11 Å². The monoisotopic (exact) mass is 459 g/mol. The third kappa shape index (κ3) is 4.18. The number of ether oxygens (including phenoxy) is 3. The smallest absolute Gasteiger partial charge is 0.231 e. The minimum absolute atomic E-state index is 0.0186. The van der Waals surface area contributed by atoms with Gasteiger partial charge in [-0.3, -0.25) is 4.79 Å². The minimum atomic E-state index is -3.01. The number of carbonyl (C=O) groups is 1. The van der Waals surface area contributed by atoms with Crippen LogP contribution in [0, 0.1) is 6.92 Å². The molecule has 1 saturated heterocycles. The highest BCUT2D eigenvalue weighted by atomic mass is 32.2. The first-order valence-electron chi connectivity index (χ1n) is 10.2. The highest BCUT2D eigenvalue weighted by molar-refractivity contribution is 7.91. The second kappa shape index (κ2) is 8.48. The van der Waals surface area contributed by atoms with Crippen molar-refractivity contribution in [1.29, 1.82) is 0 Å². The van der Waals surface area contributed by atoms with E-state index < -0.39 is 9.84 Å². The number of fused-ring (bicyclic) bond motifs is 1. The Hall–Kier alpha value is -3.04. The second-order valence-electron chi connectivity index (χ2n) is 7.91. The summed E-state index contributed by atoms with van der Waals surface area (Å²) in [7, 11) is 0.0746. The van der Waals surface area contributed by atoms with Crippen LogP contribution in [0.25, 0.3) is 6.08 Å². The number of phenols is 1. The molecule has 9 heteroatoms. The lowest BCUT2D eigenvalue weighted by molar-refractivity contribution is 0.101. The number of hydrogen-bond donors (Lipinski definition) is 2. The zero-order chi connectivity index (χ0) is 23.0. The molecule has 2 aliphatic heterocycles. The number of aromatic hydroxyl groups is 1. The molecule has 2 heterocycles.